The lowest BCUT2D eigenvalue weighted by molar-refractivity contribution is 0.0895. The van der Waals surface area contributed by atoms with Gasteiger partial charge in [0.1, 0.15) is 0 Å². The molecule has 1 atom stereocenters. The van der Waals surface area contributed by atoms with Gasteiger partial charge < -0.3 is 9.47 Å². The van der Waals surface area contributed by atoms with Crippen LogP contribution < -0.4 is 9.47 Å². The van der Waals surface area contributed by atoms with Crippen molar-refractivity contribution in [1.29, 1.82) is 0 Å². The van der Waals surface area contributed by atoms with E-state index in [2.05, 4.69) is 24.0 Å². The Morgan fingerprint density at radius 3 is 2.38 bits per heavy atom. The van der Waals surface area contributed by atoms with E-state index in [-0.39, 0.29) is 11.7 Å². The van der Waals surface area contributed by atoms with Crippen molar-refractivity contribution in [2.75, 3.05) is 26.3 Å². The van der Waals surface area contributed by atoms with E-state index in [9.17, 15) is 4.79 Å². The largest absolute Gasteiger partial charge is 0.490 e. The number of carbonyl (C=O) groups excluding carboxylic acids is 1. The number of fused-ring (bicyclic) bond motifs is 1. The van der Waals surface area contributed by atoms with Crippen LogP contribution in [0.3, 0.4) is 0 Å². The van der Waals surface area contributed by atoms with Crippen molar-refractivity contribution in [3.05, 3.63) is 57.6 Å². The van der Waals surface area contributed by atoms with E-state index in [1.807, 2.05) is 32.0 Å². The maximum Gasteiger partial charge on any atom is 0.166 e. The van der Waals surface area contributed by atoms with Crippen molar-refractivity contribution >= 4 is 17.4 Å². The van der Waals surface area contributed by atoms with E-state index >= 15 is 0 Å². The highest BCUT2D eigenvalue weighted by atomic mass is 35.5. The summed E-state index contributed by atoms with van der Waals surface area (Å²) in [5.74, 6) is 2.43. The number of nitrogens with zero attached hydrogens (tertiary/aromatic N) is 1. The molecule has 1 heterocycles. The van der Waals surface area contributed by atoms with Crippen molar-refractivity contribution in [3.8, 4) is 11.5 Å². The zero-order valence-corrected chi connectivity index (χ0v) is 20.2. The summed E-state index contributed by atoms with van der Waals surface area (Å²) in [4.78, 5) is 15.7. The first-order valence-corrected chi connectivity index (χ1v) is 12.3. The Kier molecular flexibility index (Phi) is 7.42. The van der Waals surface area contributed by atoms with Crippen molar-refractivity contribution in [2.45, 2.75) is 53.0 Å². The van der Waals surface area contributed by atoms with Gasteiger partial charge in [0.2, 0.25) is 0 Å². The first-order chi connectivity index (χ1) is 15.5. The number of halogens is 1. The van der Waals surface area contributed by atoms with Crippen LogP contribution in [0.15, 0.2) is 30.3 Å². The Morgan fingerprint density at radius 2 is 1.72 bits per heavy atom. The number of benzene rings is 2. The molecule has 4 nitrogen and oxygen atoms in total. The predicted octanol–water partition coefficient (Wildman–Crippen LogP) is 6.10. The van der Waals surface area contributed by atoms with Crippen LogP contribution in [0, 0.1) is 18.8 Å². The zero-order chi connectivity index (χ0) is 22.7. The molecule has 1 unspecified atom stereocenters. The molecule has 1 aliphatic carbocycles. The van der Waals surface area contributed by atoms with Gasteiger partial charge in [-0.3, -0.25) is 9.69 Å². The normalized spacial score (nSPS) is 19.2. The zero-order valence-electron chi connectivity index (χ0n) is 19.5. The minimum absolute atomic E-state index is 0.0896. The van der Waals surface area contributed by atoms with Crippen LogP contribution >= 0.6 is 11.6 Å². The van der Waals surface area contributed by atoms with Crippen LogP contribution in [0.2, 0.25) is 5.02 Å². The molecule has 0 saturated carbocycles. The van der Waals surface area contributed by atoms with Gasteiger partial charge in [0.05, 0.1) is 13.2 Å². The van der Waals surface area contributed by atoms with Crippen molar-refractivity contribution < 1.29 is 14.3 Å². The average molecular weight is 456 g/mol. The highest BCUT2D eigenvalue weighted by molar-refractivity contribution is 6.31. The summed E-state index contributed by atoms with van der Waals surface area (Å²) in [6.45, 7) is 10.3. The van der Waals surface area contributed by atoms with Crippen LogP contribution in [-0.2, 0) is 13.0 Å². The van der Waals surface area contributed by atoms with Gasteiger partial charge in [-0.25, -0.2) is 0 Å². The first-order valence-electron chi connectivity index (χ1n) is 11.9. The monoisotopic (exact) mass is 455 g/mol. The molecule has 172 valence electrons. The van der Waals surface area contributed by atoms with Gasteiger partial charge in [-0.15, -0.1) is 0 Å². The molecule has 1 saturated heterocycles. The molecule has 32 heavy (non-hydrogen) atoms. The SMILES string of the molecule is CCOc1cc2c(cc1OCC)C(=O)C(CC1CCN(Cc3ccc(Cl)c(C)c3)CC1)C2. The fourth-order valence-electron chi connectivity index (χ4n) is 5.15. The van der Waals surface area contributed by atoms with Crippen LogP contribution in [0.5, 0.6) is 11.5 Å². The van der Waals surface area contributed by atoms with Gasteiger partial charge in [-0.1, -0.05) is 23.7 Å². The molecule has 0 spiro atoms. The van der Waals surface area contributed by atoms with E-state index < -0.39 is 0 Å². The molecule has 4 rings (SSSR count). The molecule has 5 heteroatoms. The predicted molar refractivity (Wildman–Crippen MR) is 129 cm³/mol. The molecular formula is C27H34ClNO3. The van der Waals surface area contributed by atoms with E-state index in [0.29, 0.717) is 24.9 Å². The second-order valence-corrected chi connectivity index (χ2v) is 9.53. The van der Waals surface area contributed by atoms with Crippen molar-refractivity contribution in [1.82, 2.24) is 4.90 Å². The molecule has 0 amide bonds. The number of rotatable bonds is 8. The maximum absolute atomic E-state index is 13.1. The Morgan fingerprint density at radius 1 is 1.03 bits per heavy atom. The number of hydrogen-bond acceptors (Lipinski definition) is 4. The summed E-state index contributed by atoms with van der Waals surface area (Å²) in [5, 5.41) is 0.830. The van der Waals surface area contributed by atoms with Crippen LogP contribution in [-0.4, -0.2) is 37.0 Å². The molecule has 0 N–H and O–H groups in total. The molecule has 1 aliphatic heterocycles. The van der Waals surface area contributed by atoms with E-state index in [1.165, 1.54) is 5.56 Å². The Hall–Kier alpha value is -2.04. The lowest BCUT2D eigenvalue weighted by Crippen LogP contribution is -2.34. The summed E-state index contributed by atoms with van der Waals surface area (Å²) in [5.41, 5.74) is 4.40. The van der Waals surface area contributed by atoms with Gasteiger partial charge in [0.15, 0.2) is 17.3 Å². The summed E-state index contributed by atoms with van der Waals surface area (Å²) < 4.78 is 11.5. The van der Waals surface area contributed by atoms with Gasteiger partial charge in [0.25, 0.3) is 0 Å². The van der Waals surface area contributed by atoms with Crippen LogP contribution in [0.1, 0.15) is 60.2 Å². The Labute approximate surface area is 196 Å². The molecule has 1 fully saturated rings. The molecule has 2 aliphatic rings. The Bertz CT molecular complexity index is 966. The van der Waals surface area contributed by atoms with Crippen LogP contribution in [0.25, 0.3) is 0 Å². The molecule has 0 radical (unpaired) electrons. The van der Waals surface area contributed by atoms with E-state index in [1.54, 1.807) is 0 Å². The number of Topliss-reactive ketones (excluding diaryl/α,β-unsaturated/α-hetero) is 1. The smallest absolute Gasteiger partial charge is 0.166 e. The number of ketones is 1. The van der Waals surface area contributed by atoms with Crippen LogP contribution in [0.4, 0.5) is 0 Å². The minimum atomic E-state index is 0.0896. The molecule has 0 aromatic heterocycles. The highest BCUT2D eigenvalue weighted by Crippen LogP contribution is 2.40. The maximum atomic E-state index is 13.1. The number of hydrogen-bond donors (Lipinski definition) is 0. The molecule has 2 aromatic carbocycles. The summed E-state index contributed by atoms with van der Waals surface area (Å²) in [6, 6.07) is 10.2. The Balaban J connectivity index is 1.34. The molecule has 2 aromatic rings. The second-order valence-electron chi connectivity index (χ2n) is 9.13. The molecule has 0 bridgehead atoms. The number of aryl methyl sites for hydroxylation is 1. The topological polar surface area (TPSA) is 38.8 Å². The van der Waals surface area contributed by atoms with Crippen molar-refractivity contribution in [2.24, 2.45) is 11.8 Å². The summed E-state index contributed by atoms with van der Waals surface area (Å²) in [6.07, 6.45) is 4.11. The van der Waals surface area contributed by atoms with Gasteiger partial charge in [-0.2, -0.15) is 0 Å². The lowest BCUT2D eigenvalue weighted by atomic mass is 9.85. The highest BCUT2D eigenvalue weighted by Gasteiger charge is 2.34. The second kappa shape index (κ2) is 10.3. The number of likely N-dealkylation sites (tertiary alicyclic amines) is 1. The average Bonchev–Trinajstić information content (AvgIpc) is 3.07. The number of ether oxygens (including phenoxy) is 2. The fourth-order valence-corrected chi connectivity index (χ4v) is 5.27. The summed E-state index contributed by atoms with van der Waals surface area (Å²) >= 11 is 6.16. The van der Waals surface area contributed by atoms with Crippen molar-refractivity contribution in [3.63, 3.8) is 0 Å². The fraction of sp³-hybridized carbons (Fsp3) is 0.519. The van der Waals surface area contributed by atoms with E-state index in [4.69, 9.17) is 21.1 Å². The standard InChI is InChI=1S/C27H34ClNO3/c1-4-31-25-15-21-14-22(27(30)23(21)16-26(25)32-5-2)13-19-8-10-29(11-9-19)17-20-6-7-24(28)18(3)12-20/h6-7,12,15-16,19,22H,4-5,8-11,13-14,17H2,1-3H3. The summed E-state index contributed by atoms with van der Waals surface area (Å²) in [7, 11) is 0. The third kappa shape index (κ3) is 5.13. The van der Waals surface area contributed by atoms with Gasteiger partial charge in [-0.05, 0) is 100 Å². The first kappa shape index (κ1) is 23.1. The molecular weight excluding hydrogens is 422 g/mol. The number of piperidine rings is 1. The van der Waals surface area contributed by atoms with Gasteiger partial charge in [0, 0.05) is 23.0 Å². The lowest BCUT2D eigenvalue weighted by Gasteiger charge is -2.33. The van der Waals surface area contributed by atoms with Gasteiger partial charge >= 0.3 is 0 Å². The number of carbonyl (C=O) groups is 1. The van der Waals surface area contributed by atoms with E-state index in [0.717, 1.165) is 72.8 Å². The quantitative estimate of drug-likeness (QED) is 0.481. The third-order valence-corrected chi connectivity index (χ3v) is 7.25. The minimum Gasteiger partial charge on any atom is -0.490 e. The third-order valence-electron chi connectivity index (χ3n) is 6.83.